The van der Waals surface area contributed by atoms with Crippen molar-refractivity contribution in [1.29, 1.82) is 0 Å². The summed E-state index contributed by atoms with van der Waals surface area (Å²) >= 11 is 0. The molecule has 20 heavy (non-hydrogen) atoms. The molecule has 0 amide bonds. The Morgan fingerprint density at radius 2 is 1.35 bits per heavy atom. The molecule has 3 rings (SSSR count). The third kappa shape index (κ3) is 1.38. The molecule has 4 N–H and O–H groups in total. The Labute approximate surface area is 112 Å². The van der Waals surface area contributed by atoms with Gasteiger partial charge < -0.3 is 20.4 Å². The minimum absolute atomic E-state index is 0.112. The molecule has 6 nitrogen and oxygen atoms in total. The molecule has 0 atom stereocenters. The predicted molar refractivity (Wildman–Crippen MR) is 66.4 cm³/mol. The van der Waals surface area contributed by atoms with E-state index in [0.29, 0.717) is 0 Å². The zero-order chi connectivity index (χ0) is 14.6. The van der Waals surface area contributed by atoms with Gasteiger partial charge in [0.05, 0.1) is 11.1 Å². The van der Waals surface area contributed by atoms with Gasteiger partial charge in [-0.15, -0.1) is 0 Å². The molecule has 0 heterocycles. The van der Waals surface area contributed by atoms with Crippen LogP contribution in [0.5, 0.6) is 23.0 Å². The molecule has 0 fully saturated rings. The Morgan fingerprint density at radius 1 is 0.700 bits per heavy atom. The van der Waals surface area contributed by atoms with Crippen molar-refractivity contribution < 1.29 is 30.0 Å². The van der Waals surface area contributed by atoms with Gasteiger partial charge in [0.2, 0.25) is 0 Å². The lowest BCUT2D eigenvalue weighted by atomic mass is 9.83. The van der Waals surface area contributed by atoms with E-state index < -0.39 is 28.8 Å². The van der Waals surface area contributed by atoms with Gasteiger partial charge in [-0.3, -0.25) is 9.59 Å². The lowest BCUT2D eigenvalue weighted by molar-refractivity contribution is 0.0973. The van der Waals surface area contributed by atoms with E-state index in [4.69, 9.17) is 0 Å². The highest BCUT2D eigenvalue weighted by Gasteiger charge is 2.35. The molecule has 0 bridgehead atoms. The zero-order valence-corrected chi connectivity index (χ0v) is 9.91. The van der Waals surface area contributed by atoms with E-state index in [1.807, 2.05) is 0 Å². The summed E-state index contributed by atoms with van der Waals surface area (Å²) < 4.78 is 0. The normalized spacial score (nSPS) is 13.0. The molecule has 0 saturated heterocycles. The Bertz CT molecular complexity index is 791. The summed E-state index contributed by atoms with van der Waals surface area (Å²) in [5, 5.41) is 38.3. The van der Waals surface area contributed by atoms with Crippen LogP contribution in [-0.4, -0.2) is 32.0 Å². The van der Waals surface area contributed by atoms with Crippen molar-refractivity contribution in [3.05, 3.63) is 46.5 Å². The highest BCUT2D eigenvalue weighted by Crippen LogP contribution is 2.41. The molecule has 0 spiro atoms. The Kier molecular flexibility index (Phi) is 2.25. The number of phenolic OH excluding ortho intramolecular Hbond substituents is 4. The smallest absolute Gasteiger partial charge is 0.198 e. The average Bonchev–Trinajstić information content (AvgIpc) is 2.38. The fraction of sp³-hybridized carbons (Fsp3) is 0. The van der Waals surface area contributed by atoms with E-state index in [2.05, 4.69) is 0 Å². The first kappa shape index (κ1) is 12.0. The summed E-state index contributed by atoms with van der Waals surface area (Å²) in [5.41, 5.74) is -0.905. The second kappa shape index (κ2) is 3.74. The summed E-state index contributed by atoms with van der Waals surface area (Å²) in [6, 6.07) is 4.26. The number of phenols is 4. The number of fused-ring (bicyclic) bond motifs is 2. The van der Waals surface area contributed by atoms with Gasteiger partial charge in [0, 0.05) is 17.2 Å². The molecule has 0 aromatic heterocycles. The van der Waals surface area contributed by atoms with Crippen molar-refractivity contribution in [3.63, 3.8) is 0 Å². The Balaban J connectivity index is 2.40. The summed E-state index contributed by atoms with van der Waals surface area (Å²) in [6.45, 7) is 0. The monoisotopic (exact) mass is 272 g/mol. The third-order valence-electron chi connectivity index (χ3n) is 3.20. The number of rotatable bonds is 0. The van der Waals surface area contributed by atoms with Crippen molar-refractivity contribution in [2.75, 3.05) is 0 Å². The molecule has 1 aliphatic carbocycles. The van der Waals surface area contributed by atoms with Gasteiger partial charge in [-0.1, -0.05) is 0 Å². The van der Waals surface area contributed by atoms with Crippen LogP contribution in [0.15, 0.2) is 24.3 Å². The highest BCUT2D eigenvalue weighted by atomic mass is 16.3. The van der Waals surface area contributed by atoms with Gasteiger partial charge in [-0.05, 0) is 18.2 Å². The number of benzene rings is 2. The van der Waals surface area contributed by atoms with Crippen molar-refractivity contribution in [1.82, 2.24) is 0 Å². The van der Waals surface area contributed by atoms with Gasteiger partial charge in [-0.25, -0.2) is 0 Å². The van der Waals surface area contributed by atoms with Gasteiger partial charge in [0.1, 0.15) is 11.5 Å². The summed E-state index contributed by atoms with van der Waals surface area (Å²) in [5.74, 6) is -3.55. The van der Waals surface area contributed by atoms with Gasteiger partial charge in [0.15, 0.2) is 23.1 Å². The number of carbonyl (C=O) groups is 2. The van der Waals surface area contributed by atoms with Crippen molar-refractivity contribution in [2.45, 2.75) is 0 Å². The van der Waals surface area contributed by atoms with Crippen LogP contribution in [0.25, 0.3) is 0 Å². The Hall–Kier alpha value is -3.02. The lowest BCUT2D eigenvalue weighted by Gasteiger charge is -2.19. The van der Waals surface area contributed by atoms with Crippen molar-refractivity contribution in [2.24, 2.45) is 0 Å². The van der Waals surface area contributed by atoms with Crippen molar-refractivity contribution in [3.8, 4) is 23.0 Å². The molecule has 2 aromatic carbocycles. The van der Waals surface area contributed by atoms with Crippen LogP contribution in [0.4, 0.5) is 0 Å². The Morgan fingerprint density at radius 3 is 2.05 bits per heavy atom. The van der Waals surface area contributed by atoms with E-state index in [1.165, 1.54) is 6.07 Å². The van der Waals surface area contributed by atoms with Gasteiger partial charge in [-0.2, -0.15) is 0 Å². The molecule has 6 heteroatoms. The quantitative estimate of drug-likeness (QED) is 0.458. The third-order valence-corrected chi connectivity index (χ3v) is 3.20. The van der Waals surface area contributed by atoms with Crippen molar-refractivity contribution >= 4 is 11.6 Å². The maximum Gasteiger partial charge on any atom is 0.198 e. The number of hydrogen-bond acceptors (Lipinski definition) is 6. The molecule has 0 saturated carbocycles. The molecular formula is C14H8O6. The minimum Gasteiger partial charge on any atom is -0.508 e. The van der Waals surface area contributed by atoms with Crippen LogP contribution in [0.3, 0.4) is 0 Å². The van der Waals surface area contributed by atoms with E-state index in [-0.39, 0.29) is 28.0 Å². The molecule has 2 aromatic rings. The molecule has 0 unspecified atom stereocenters. The van der Waals surface area contributed by atoms with E-state index in [9.17, 15) is 30.0 Å². The second-order valence-corrected chi connectivity index (χ2v) is 4.40. The lowest BCUT2D eigenvalue weighted by Crippen LogP contribution is -2.21. The highest BCUT2D eigenvalue weighted by molar-refractivity contribution is 6.30. The van der Waals surface area contributed by atoms with Gasteiger partial charge >= 0.3 is 0 Å². The van der Waals surface area contributed by atoms with E-state index in [0.717, 1.165) is 18.2 Å². The molecule has 1 aliphatic rings. The summed E-state index contributed by atoms with van der Waals surface area (Å²) in [4.78, 5) is 24.5. The van der Waals surface area contributed by atoms with E-state index >= 15 is 0 Å². The first-order valence-corrected chi connectivity index (χ1v) is 5.62. The maximum atomic E-state index is 12.3. The zero-order valence-electron chi connectivity index (χ0n) is 9.91. The standard InChI is InChI=1S/C14H8O6/c15-5-3-7-10(9(17)4-5)12(18)6-1-2-8(16)14(20)11(6)13(7)19/h1-4,15-17,20H. The van der Waals surface area contributed by atoms with Crippen LogP contribution >= 0.6 is 0 Å². The number of aromatic hydroxyl groups is 4. The maximum absolute atomic E-state index is 12.3. The largest absolute Gasteiger partial charge is 0.508 e. The number of hydrogen-bond donors (Lipinski definition) is 4. The van der Waals surface area contributed by atoms with Crippen LogP contribution < -0.4 is 0 Å². The SMILES string of the molecule is O=C1c2ccc(O)c(O)c2C(=O)c2cc(O)cc(O)c21. The summed E-state index contributed by atoms with van der Waals surface area (Å²) in [6.07, 6.45) is 0. The predicted octanol–water partition coefficient (Wildman–Crippen LogP) is 1.28. The summed E-state index contributed by atoms with van der Waals surface area (Å²) in [7, 11) is 0. The molecular weight excluding hydrogens is 264 g/mol. The van der Waals surface area contributed by atoms with Crippen LogP contribution in [0.2, 0.25) is 0 Å². The fourth-order valence-electron chi connectivity index (χ4n) is 2.30. The molecule has 0 aliphatic heterocycles. The first-order chi connectivity index (χ1) is 9.41. The topological polar surface area (TPSA) is 115 Å². The number of ketones is 2. The second-order valence-electron chi connectivity index (χ2n) is 4.40. The van der Waals surface area contributed by atoms with Crippen LogP contribution in [-0.2, 0) is 0 Å². The minimum atomic E-state index is -0.755. The van der Waals surface area contributed by atoms with Gasteiger partial charge in [0.25, 0.3) is 0 Å². The first-order valence-electron chi connectivity index (χ1n) is 5.62. The molecule has 0 radical (unpaired) electrons. The van der Waals surface area contributed by atoms with Crippen LogP contribution in [0.1, 0.15) is 31.8 Å². The van der Waals surface area contributed by atoms with Crippen LogP contribution in [0, 0.1) is 0 Å². The average molecular weight is 272 g/mol. The fourth-order valence-corrected chi connectivity index (χ4v) is 2.30. The number of carbonyl (C=O) groups excluding carboxylic acids is 2. The van der Waals surface area contributed by atoms with E-state index in [1.54, 1.807) is 0 Å². The molecule has 100 valence electrons.